The third-order valence-electron chi connectivity index (χ3n) is 2.39. The van der Waals surface area contributed by atoms with Crippen LogP contribution in [0.2, 0.25) is 0 Å². The molecule has 0 amide bonds. The van der Waals surface area contributed by atoms with Gasteiger partial charge in [0, 0.05) is 0 Å². The molecule has 0 saturated heterocycles. The third-order valence-corrected chi connectivity index (χ3v) is 2.39. The van der Waals surface area contributed by atoms with E-state index in [-0.39, 0.29) is 17.8 Å². The molecule has 0 aliphatic carbocycles. The highest BCUT2D eigenvalue weighted by Gasteiger charge is 2.19. The second kappa shape index (κ2) is 6.40. The number of hydrogen-bond acceptors (Lipinski definition) is 3. The molecular formula is C10H18O4. The van der Waals surface area contributed by atoms with Crippen LogP contribution in [0.4, 0.5) is 0 Å². The van der Waals surface area contributed by atoms with Gasteiger partial charge in [-0.1, -0.05) is 13.8 Å². The quantitative estimate of drug-likeness (QED) is 0.666. The Kier molecular flexibility index (Phi) is 5.92. The van der Waals surface area contributed by atoms with Crippen LogP contribution in [-0.4, -0.2) is 24.2 Å². The summed E-state index contributed by atoms with van der Waals surface area (Å²) in [5, 5.41) is 8.77. The van der Waals surface area contributed by atoms with Crippen LogP contribution in [-0.2, 0) is 14.3 Å². The van der Waals surface area contributed by atoms with Crippen molar-refractivity contribution in [1.29, 1.82) is 0 Å². The Balaban J connectivity index is 3.91. The standard InChI is InChI=1S/C10H18O4/c1-4-8(9(11)12)6-5-7(2)10(13)14-3/h7-8H,4-6H2,1-3H3,(H,11,12). The number of carbonyl (C=O) groups is 2. The third kappa shape index (κ3) is 4.25. The number of esters is 1. The Morgan fingerprint density at radius 3 is 2.29 bits per heavy atom. The average Bonchev–Trinajstić information content (AvgIpc) is 2.16. The van der Waals surface area contributed by atoms with Gasteiger partial charge in [0.1, 0.15) is 0 Å². The predicted molar refractivity (Wildman–Crippen MR) is 51.8 cm³/mol. The van der Waals surface area contributed by atoms with E-state index in [0.717, 1.165) is 0 Å². The van der Waals surface area contributed by atoms with Crippen molar-refractivity contribution in [3.05, 3.63) is 0 Å². The number of carbonyl (C=O) groups excluding carboxylic acids is 1. The SMILES string of the molecule is CCC(CCC(C)C(=O)OC)C(=O)O. The van der Waals surface area contributed by atoms with Crippen LogP contribution >= 0.6 is 0 Å². The van der Waals surface area contributed by atoms with Crippen LogP contribution in [0.5, 0.6) is 0 Å². The lowest BCUT2D eigenvalue weighted by Gasteiger charge is -2.12. The van der Waals surface area contributed by atoms with Crippen LogP contribution in [0.15, 0.2) is 0 Å². The molecular weight excluding hydrogens is 184 g/mol. The molecule has 0 heterocycles. The van der Waals surface area contributed by atoms with Gasteiger partial charge in [0.25, 0.3) is 0 Å². The second-order valence-corrected chi connectivity index (χ2v) is 3.44. The molecule has 2 unspecified atom stereocenters. The molecule has 2 atom stereocenters. The fourth-order valence-corrected chi connectivity index (χ4v) is 1.27. The normalized spacial score (nSPS) is 14.5. The molecule has 14 heavy (non-hydrogen) atoms. The van der Waals surface area contributed by atoms with E-state index >= 15 is 0 Å². The monoisotopic (exact) mass is 202 g/mol. The summed E-state index contributed by atoms with van der Waals surface area (Å²) < 4.78 is 4.55. The number of carboxylic acids is 1. The predicted octanol–water partition coefficient (Wildman–Crippen LogP) is 1.69. The fourth-order valence-electron chi connectivity index (χ4n) is 1.27. The van der Waals surface area contributed by atoms with E-state index in [2.05, 4.69) is 4.74 Å². The minimum Gasteiger partial charge on any atom is -0.481 e. The molecule has 82 valence electrons. The molecule has 4 heteroatoms. The Morgan fingerprint density at radius 2 is 1.93 bits per heavy atom. The van der Waals surface area contributed by atoms with E-state index in [4.69, 9.17) is 5.11 Å². The van der Waals surface area contributed by atoms with E-state index in [1.54, 1.807) is 6.92 Å². The maximum Gasteiger partial charge on any atom is 0.308 e. The number of ether oxygens (including phenoxy) is 1. The van der Waals surface area contributed by atoms with Crippen molar-refractivity contribution in [1.82, 2.24) is 0 Å². The molecule has 0 saturated carbocycles. The second-order valence-electron chi connectivity index (χ2n) is 3.44. The molecule has 1 N–H and O–H groups in total. The number of rotatable bonds is 6. The first-order chi connectivity index (χ1) is 6.52. The first-order valence-electron chi connectivity index (χ1n) is 4.83. The lowest BCUT2D eigenvalue weighted by molar-refractivity contribution is -0.146. The van der Waals surface area contributed by atoms with Gasteiger partial charge in [0.15, 0.2) is 0 Å². The number of hydrogen-bond donors (Lipinski definition) is 1. The van der Waals surface area contributed by atoms with Crippen LogP contribution in [0.3, 0.4) is 0 Å². The summed E-state index contributed by atoms with van der Waals surface area (Å²) >= 11 is 0. The summed E-state index contributed by atoms with van der Waals surface area (Å²) in [6.45, 7) is 3.59. The molecule has 0 aliphatic rings. The molecule has 0 rings (SSSR count). The molecule has 0 aromatic heterocycles. The van der Waals surface area contributed by atoms with E-state index < -0.39 is 5.97 Å². The summed E-state index contributed by atoms with van der Waals surface area (Å²) in [5.41, 5.74) is 0. The largest absolute Gasteiger partial charge is 0.481 e. The van der Waals surface area contributed by atoms with E-state index in [0.29, 0.717) is 19.3 Å². The first kappa shape index (κ1) is 12.9. The molecule has 4 nitrogen and oxygen atoms in total. The Hall–Kier alpha value is -1.06. The lowest BCUT2D eigenvalue weighted by atomic mass is 9.95. The Morgan fingerprint density at radius 1 is 1.36 bits per heavy atom. The minimum absolute atomic E-state index is 0.214. The smallest absolute Gasteiger partial charge is 0.308 e. The maximum absolute atomic E-state index is 11.0. The molecule has 0 fully saturated rings. The highest BCUT2D eigenvalue weighted by Crippen LogP contribution is 2.16. The van der Waals surface area contributed by atoms with Gasteiger partial charge in [0.05, 0.1) is 18.9 Å². The zero-order valence-electron chi connectivity index (χ0n) is 8.95. The Bertz CT molecular complexity index is 200. The summed E-state index contributed by atoms with van der Waals surface area (Å²) in [6, 6.07) is 0. The van der Waals surface area contributed by atoms with Crippen molar-refractivity contribution in [3.63, 3.8) is 0 Å². The zero-order valence-corrected chi connectivity index (χ0v) is 8.95. The number of aliphatic carboxylic acids is 1. The minimum atomic E-state index is -0.787. The highest BCUT2D eigenvalue weighted by atomic mass is 16.5. The van der Waals surface area contributed by atoms with Crippen molar-refractivity contribution < 1.29 is 19.4 Å². The van der Waals surface area contributed by atoms with Gasteiger partial charge in [-0.25, -0.2) is 0 Å². The van der Waals surface area contributed by atoms with Gasteiger partial charge in [-0.3, -0.25) is 9.59 Å². The van der Waals surface area contributed by atoms with Gasteiger partial charge in [-0.05, 0) is 19.3 Å². The molecule has 0 aromatic carbocycles. The van der Waals surface area contributed by atoms with Crippen molar-refractivity contribution in [2.75, 3.05) is 7.11 Å². The van der Waals surface area contributed by atoms with Gasteiger partial charge >= 0.3 is 11.9 Å². The van der Waals surface area contributed by atoms with Crippen LogP contribution in [0, 0.1) is 11.8 Å². The Labute approximate surface area is 84.3 Å². The topological polar surface area (TPSA) is 63.6 Å². The molecule has 0 radical (unpaired) electrons. The van der Waals surface area contributed by atoms with Crippen LogP contribution in [0.1, 0.15) is 33.1 Å². The molecule has 0 aliphatic heterocycles. The summed E-state index contributed by atoms with van der Waals surface area (Å²) in [5.74, 6) is -1.62. The van der Waals surface area contributed by atoms with Gasteiger partial charge in [-0.2, -0.15) is 0 Å². The van der Waals surface area contributed by atoms with Crippen LogP contribution in [0.25, 0.3) is 0 Å². The van der Waals surface area contributed by atoms with Crippen molar-refractivity contribution in [2.24, 2.45) is 11.8 Å². The van der Waals surface area contributed by atoms with Crippen molar-refractivity contribution in [3.8, 4) is 0 Å². The number of carboxylic acid groups (broad SMARTS) is 1. The molecule has 0 spiro atoms. The van der Waals surface area contributed by atoms with E-state index in [9.17, 15) is 9.59 Å². The van der Waals surface area contributed by atoms with Gasteiger partial charge in [0.2, 0.25) is 0 Å². The van der Waals surface area contributed by atoms with Gasteiger partial charge < -0.3 is 9.84 Å². The molecule has 0 aromatic rings. The van der Waals surface area contributed by atoms with Crippen molar-refractivity contribution >= 4 is 11.9 Å². The summed E-state index contributed by atoms with van der Waals surface area (Å²) in [6.07, 6.45) is 1.70. The summed E-state index contributed by atoms with van der Waals surface area (Å²) in [4.78, 5) is 21.7. The highest BCUT2D eigenvalue weighted by molar-refractivity contribution is 5.72. The van der Waals surface area contributed by atoms with Crippen LogP contribution < -0.4 is 0 Å². The van der Waals surface area contributed by atoms with Gasteiger partial charge in [-0.15, -0.1) is 0 Å². The number of methoxy groups -OCH3 is 1. The first-order valence-corrected chi connectivity index (χ1v) is 4.83. The zero-order chi connectivity index (χ0) is 11.1. The fraction of sp³-hybridized carbons (Fsp3) is 0.800. The maximum atomic E-state index is 11.0. The lowest BCUT2D eigenvalue weighted by Crippen LogP contribution is -2.17. The average molecular weight is 202 g/mol. The molecule has 0 bridgehead atoms. The van der Waals surface area contributed by atoms with Crippen molar-refractivity contribution in [2.45, 2.75) is 33.1 Å². The van der Waals surface area contributed by atoms with E-state index in [1.807, 2.05) is 6.92 Å². The van der Waals surface area contributed by atoms with E-state index in [1.165, 1.54) is 7.11 Å². The summed E-state index contributed by atoms with van der Waals surface area (Å²) in [7, 11) is 1.34.